The minimum Gasteiger partial charge on any atom is -0.489 e. The summed E-state index contributed by atoms with van der Waals surface area (Å²) in [6, 6.07) is 3.73. The molecule has 3 N–H and O–H groups in total. The lowest BCUT2D eigenvalue weighted by Crippen LogP contribution is -2.36. The minimum atomic E-state index is -0.272. The lowest BCUT2D eigenvalue weighted by molar-refractivity contribution is 0.0843. The van der Waals surface area contributed by atoms with Gasteiger partial charge in [-0.15, -0.1) is 5.11 Å². The van der Waals surface area contributed by atoms with Gasteiger partial charge in [0.25, 0.3) is 5.91 Å². The molecule has 0 saturated carbocycles. The van der Waals surface area contributed by atoms with Crippen LogP contribution in [0, 0.1) is 5.92 Å². The fourth-order valence-electron chi connectivity index (χ4n) is 4.43. The summed E-state index contributed by atoms with van der Waals surface area (Å²) >= 11 is 0. The molecule has 0 bridgehead atoms. The van der Waals surface area contributed by atoms with E-state index in [9.17, 15) is 4.79 Å². The Bertz CT molecular complexity index is 1310. The number of nitrogens with one attached hydrogen (secondary N) is 1. The van der Waals surface area contributed by atoms with E-state index < -0.39 is 0 Å². The van der Waals surface area contributed by atoms with Gasteiger partial charge in [0.2, 0.25) is 5.82 Å². The third-order valence-electron chi connectivity index (χ3n) is 6.48. The van der Waals surface area contributed by atoms with Gasteiger partial charge in [0.15, 0.2) is 5.75 Å². The SMILES string of the molecule is CCNC(=O)c1cc(N2CCC(COc3cc(-c4cncn4C)cnc3N=NN)CC2)nc(O[C@H](C)COC)n1. The summed E-state index contributed by atoms with van der Waals surface area (Å²) in [5.41, 5.74) is 2.02. The van der Waals surface area contributed by atoms with Gasteiger partial charge in [0.1, 0.15) is 17.6 Å². The number of hydrogen-bond donors (Lipinski definition) is 2. The molecule has 1 atom stereocenters. The topological polar surface area (TPSA) is 167 Å². The third kappa shape index (κ3) is 7.20. The molecule has 1 fully saturated rings. The number of nitrogens with two attached hydrogens (primary N) is 1. The van der Waals surface area contributed by atoms with Crippen LogP contribution >= 0.6 is 0 Å². The van der Waals surface area contributed by atoms with E-state index in [1.807, 2.05) is 31.5 Å². The first kappa shape index (κ1) is 28.7. The number of amides is 1. The molecule has 0 radical (unpaired) electrons. The standard InChI is InChI=1S/C26H36N10O4/c1-5-29-25(37)20-11-23(32-26(31-20)40-17(2)14-38-4)36-8-6-18(7-9-36)15-39-22-10-19(12-30-24(22)33-34-27)21-13-28-16-35(21)3/h10-13,16-18H,5-9,14-15H2,1-4H3,(H,29,37)(H2,27,30,33)/t17-/m1/s1. The largest absolute Gasteiger partial charge is 0.489 e. The van der Waals surface area contributed by atoms with E-state index >= 15 is 0 Å². The van der Waals surface area contributed by atoms with Crippen LogP contribution < -0.4 is 25.5 Å². The summed E-state index contributed by atoms with van der Waals surface area (Å²) in [5, 5.41) is 10.1. The maximum atomic E-state index is 12.6. The number of imidazole rings is 1. The van der Waals surface area contributed by atoms with Crippen molar-refractivity contribution in [3.05, 3.63) is 36.5 Å². The van der Waals surface area contributed by atoms with Crippen LogP contribution in [0.5, 0.6) is 11.8 Å². The highest BCUT2D eigenvalue weighted by atomic mass is 16.5. The molecule has 40 heavy (non-hydrogen) atoms. The van der Waals surface area contributed by atoms with Gasteiger partial charge in [0, 0.05) is 51.6 Å². The van der Waals surface area contributed by atoms with Gasteiger partial charge in [0.05, 0.1) is 31.4 Å². The van der Waals surface area contributed by atoms with Crippen molar-refractivity contribution in [2.75, 3.05) is 44.9 Å². The molecule has 0 spiro atoms. The van der Waals surface area contributed by atoms with E-state index in [1.54, 1.807) is 31.9 Å². The van der Waals surface area contributed by atoms with E-state index in [-0.39, 0.29) is 23.7 Å². The quantitative estimate of drug-likeness (QED) is 0.194. The number of ether oxygens (including phenoxy) is 3. The van der Waals surface area contributed by atoms with E-state index in [2.05, 4.69) is 40.5 Å². The highest BCUT2D eigenvalue weighted by Crippen LogP contribution is 2.32. The van der Waals surface area contributed by atoms with Gasteiger partial charge < -0.3 is 34.8 Å². The minimum absolute atomic E-state index is 0.149. The molecule has 4 rings (SSSR count). The zero-order chi connectivity index (χ0) is 28.5. The zero-order valence-electron chi connectivity index (χ0n) is 23.3. The predicted molar refractivity (Wildman–Crippen MR) is 148 cm³/mol. The fraction of sp³-hybridized carbons (Fsp3) is 0.500. The Morgan fingerprint density at radius 3 is 2.73 bits per heavy atom. The Hall–Kier alpha value is -4.33. The molecule has 14 heteroatoms. The van der Waals surface area contributed by atoms with Gasteiger partial charge >= 0.3 is 6.01 Å². The first-order valence-corrected chi connectivity index (χ1v) is 13.2. The maximum absolute atomic E-state index is 12.6. The number of hydrogen-bond acceptors (Lipinski definition) is 11. The summed E-state index contributed by atoms with van der Waals surface area (Å²) < 4.78 is 19.1. The molecule has 0 aromatic carbocycles. The predicted octanol–water partition coefficient (Wildman–Crippen LogP) is 2.69. The van der Waals surface area contributed by atoms with Crippen LogP contribution in [0.3, 0.4) is 0 Å². The van der Waals surface area contributed by atoms with Crippen LogP contribution in [-0.2, 0) is 11.8 Å². The molecule has 4 heterocycles. The van der Waals surface area contributed by atoms with Crippen molar-refractivity contribution < 1.29 is 19.0 Å². The van der Waals surface area contributed by atoms with Gasteiger partial charge in [-0.2, -0.15) is 9.97 Å². The number of anilines is 1. The molecule has 3 aromatic rings. The Balaban J connectivity index is 1.43. The van der Waals surface area contributed by atoms with Gasteiger partial charge in [-0.1, -0.05) is 5.22 Å². The molecule has 1 amide bonds. The van der Waals surface area contributed by atoms with Gasteiger partial charge in [-0.3, -0.25) is 4.79 Å². The van der Waals surface area contributed by atoms with Crippen molar-refractivity contribution in [3.8, 4) is 23.0 Å². The highest BCUT2D eigenvalue weighted by molar-refractivity contribution is 5.93. The molecule has 14 nitrogen and oxygen atoms in total. The lowest BCUT2D eigenvalue weighted by Gasteiger charge is -2.33. The summed E-state index contributed by atoms with van der Waals surface area (Å²) in [6.07, 6.45) is 6.64. The Kier molecular flexibility index (Phi) is 9.78. The summed E-state index contributed by atoms with van der Waals surface area (Å²) in [6.45, 7) is 6.54. The van der Waals surface area contributed by atoms with Crippen LogP contribution in [0.2, 0.25) is 0 Å². The molecule has 1 saturated heterocycles. The van der Waals surface area contributed by atoms with Crippen LogP contribution in [-0.4, -0.2) is 76.5 Å². The molecular formula is C26H36N10O4. The van der Waals surface area contributed by atoms with Crippen molar-refractivity contribution in [2.45, 2.75) is 32.8 Å². The number of carbonyl (C=O) groups is 1. The first-order chi connectivity index (χ1) is 19.4. The van der Waals surface area contributed by atoms with Crippen LogP contribution in [0.1, 0.15) is 37.2 Å². The van der Waals surface area contributed by atoms with Gasteiger partial charge in [-0.05, 0) is 38.7 Å². The number of aromatic nitrogens is 5. The molecule has 1 aliphatic heterocycles. The second-order valence-electron chi connectivity index (χ2n) is 9.53. The third-order valence-corrected chi connectivity index (χ3v) is 6.48. The Morgan fingerprint density at radius 1 is 1.25 bits per heavy atom. The average Bonchev–Trinajstić information content (AvgIpc) is 3.38. The normalized spacial score (nSPS) is 14.8. The monoisotopic (exact) mass is 552 g/mol. The zero-order valence-corrected chi connectivity index (χ0v) is 23.3. The van der Waals surface area contributed by atoms with Crippen molar-refractivity contribution in [3.63, 3.8) is 0 Å². The van der Waals surface area contributed by atoms with E-state index in [0.29, 0.717) is 43.1 Å². The fourth-order valence-corrected chi connectivity index (χ4v) is 4.43. The summed E-state index contributed by atoms with van der Waals surface area (Å²) in [5.74, 6) is 6.78. The Morgan fingerprint density at radius 2 is 2.05 bits per heavy atom. The van der Waals surface area contributed by atoms with Gasteiger partial charge in [-0.25, -0.2) is 9.97 Å². The van der Waals surface area contributed by atoms with Crippen molar-refractivity contribution in [1.82, 2.24) is 29.8 Å². The van der Waals surface area contributed by atoms with Crippen LogP contribution in [0.4, 0.5) is 11.6 Å². The smallest absolute Gasteiger partial charge is 0.319 e. The molecular weight excluding hydrogens is 516 g/mol. The van der Waals surface area contributed by atoms with E-state index in [4.69, 9.17) is 20.1 Å². The molecule has 0 aliphatic carbocycles. The lowest BCUT2D eigenvalue weighted by atomic mass is 9.98. The highest BCUT2D eigenvalue weighted by Gasteiger charge is 2.24. The molecule has 3 aromatic heterocycles. The number of aryl methyl sites for hydroxylation is 1. The molecule has 214 valence electrons. The average molecular weight is 553 g/mol. The maximum Gasteiger partial charge on any atom is 0.319 e. The summed E-state index contributed by atoms with van der Waals surface area (Å²) in [4.78, 5) is 32.1. The van der Waals surface area contributed by atoms with E-state index in [0.717, 1.165) is 37.2 Å². The number of pyridine rings is 1. The van der Waals surface area contributed by atoms with Crippen molar-refractivity contribution in [1.29, 1.82) is 0 Å². The summed E-state index contributed by atoms with van der Waals surface area (Å²) in [7, 11) is 3.51. The number of methoxy groups -OCH3 is 1. The van der Waals surface area contributed by atoms with Crippen LogP contribution in [0.15, 0.2) is 41.2 Å². The first-order valence-electron chi connectivity index (χ1n) is 13.2. The molecule has 0 unspecified atom stereocenters. The van der Waals surface area contributed by atoms with E-state index in [1.165, 1.54) is 0 Å². The number of rotatable bonds is 12. The number of carbonyl (C=O) groups excluding carboxylic acids is 1. The van der Waals surface area contributed by atoms with Crippen molar-refractivity contribution >= 4 is 17.5 Å². The Labute approximate surface area is 233 Å². The van der Waals surface area contributed by atoms with Crippen LogP contribution in [0.25, 0.3) is 11.3 Å². The molecule has 1 aliphatic rings. The van der Waals surface area contributed by atoms with Crippen molar-refractivity contribution in [2.24, 2.45) is 29.1 Å². The second-order valence-corrected chi connectivity index (χ2v) is 9.53. The number of piperidine rings is 1. The number of nitrogens with zero attached hydrogens (tertiary/aromatic N) is 8. The second kappa shape index (κ2) is 13.6.